The summed E-state index contributed by atoms with van der Waals surface area (Å²) >= 11 is 0. The largest absolute Gasteiger partial charge is 0.497 e. The predicted molar refractivity (Wildman–Crippen MR) is 108 cm³/mol. The Labute approximate surface area is 167 Å². The number of methoxy groups -OCH3 is 3. The Kier molecular flexibility index (Phi) is 6.08. The third kappa shape index (κ3) is 4.52. The third-order valence-corrected chi connectivity index (χ3v) is 4.15. The van der Waals surface area contributed by atoms with E-state index in [0.29, 0.717) is 34.4 Å². The zero-order valence-corrected chi connectivity index (χ0v) is 16.5. The number of carbonyl (C=O) groups is 1. The number of nitrogens with zero attached hydrogens (tertiary/aromatic N) is 4. The van der Waals surface area contributed by atoms with Gasteiger partial charge in [-0.3, -0.25) is 4.79 Å². The molecule has 0 atom stereocenters. The molecule has 0 fully saturated rings. The molecule has 0 unspecified atom stereocenters. The fraction of sp³-hybridized carbons (Fsp3) is 0.200. The highest BCUT2D eigenvalue weighted by atomic mass is 16.5. The maximum absolute atomic E-state index is 12.4. The van der Waals surface area contributed by atoms with Crippen LogP contribution in [0.15, 0.2) is 42.5 Å². The molecule has 0 saturated heterocycles. The molecule has 9 heteroatoms. The Hall–Kier alpha value is -3.88. The molecule has 9 nitrogen and oxygen atoms in total. The van der Waals surface area contributed by atoms with Gasteiger partial charge in [-0.05, 0) is 53.8 Å². The number of amides is 1. The minimum absolute atomic E-state index is 0.299. The lowest BCUT2D eigenvalue weighted by atomic mass is 10.1. The van der Waals surface area contributed by atoms with Crippen molar-refractivity contribution in [1.82, 2.24) is 20.2 Å². The fourth-order valence-corrected chi connectivity index (χ4v) is 2.69. The van der Waals surface area contributed by atoms with Crippen molar-refractivity contribution in [2.45, 2.75) is 6.92 Å². The number of tetrazole rings is 1. The smallest absolute Gasteiger partial charge is 0.248 e. The second kappa shape index (κ2) is 8.87. The van der Waals surface area contributed by atoms with Crippen molar-refractivity contribution in [3.8, 4) is 22.9 Å². The maximum Gasteiger partial charge on any atom is 0.248 e. The molecular weight excluding hydrogens is 374 g/mol. The highest BCUT2D eigenvalue weighted by Gasteiger charge is 2.12. The van der Waals surface area contributed by atoms with Gasteiger partial charge in [0.25, 0.3) is 0 Å². The van der Waals surface area contributed by atoms with E-state index in [-0.39, 0.29) is 5.91 Å². The number of benzene rings is 2. The molecule has 0 saturated carbocycles. The van der Waals surface area contributed by atoms with Gasteiger partial charge in [0.05, 0.1) is 21.3 Å². The Bertz CT molecular complexity index is 1050. The summed E-state index contributed by atoms with van der Waals surface area (Å²) in [6.45, 7) is 1.77. The maximum atomic E-state index is 12.4. The summed E-state index contributed by atoms with van der Waals surface area (Å²) in [5.74, 6) is 2.16. The van der Waals surface area contributed by atoms with Gasteiger partial charge in [0.1, 0.15) is 22.9 Å². The van der Waals surface area contributed by atoms with Crippen molar-refractivity contribution in [3.63, 3.8) is 0 Å². The van der Waals surface area contributed by atoms with Crippen LogP contribution in [0.4, 0.5) is 5.69 Å². The van der Waals surface area contributed by atoms with Crippen LogP contribution < -0.4 is 19.5 Å². The van der Waals surface area contributed by atoms with E-state index in [4.69, 9.17) is 14.2 Å². The van der Waals surface area contributed by atoms with Gasteiger partial charge in [-0.2, -0.15) is 4.68 Å². The van der Waals surface area contributed by atoms with Crippen LogP contribution in [0.3, 0.4) is 0 Å². The number of aryl methyl sites for hydroxylation is 1. The number of aromatic nitrogens is 4. The number of hydrogen-bond donors (Lipinski definition) is 1. The predicted octanol–water partition coefficient (Wildman–Crippen LogP) is 2.65. The number of hydrogen-bond acceptors (Lipinski definition) is 7. The summed E-state index contributed by atoms with van der Waals surface area (Å²) in [6.07, 6.45) is 3.10. The van der Waals surface area contributed by atoms with Crippen molar-refractivity contribution in [2.24, 2.45) is 0 Å². The first kappa shape index (κ1) is 19.9. The number of rotatable bonds is 7. The van der Waals surface area contributed by atoms with Gasteiger partial charge in [0, 0.05) is 23.4 Å². The lowest BCUT2D eigenvalue weighted by molar-refractivity contribution is -0.111. The van der Waals surface area contributed by atoms with Gasteiger partial charge in [0.2, 0.25) is 5.91 Å². The van der Waals surface area contributed by atoms with E-state index < -0.39 is 0 Å². The number of anilines is 1. The summed E-state index contributed by atoms with van der Waals surface area (Å²) in [7, 11) is 4.70. The average Bonchev–Trinajstić information content (AvgIpc) is 3.17. The summed E-state index contributed by atoms with van der Waals surface area (Å²) in [4.78, 5) is 12.4. The highest BCUT2D eigenvalue weighted by Crippen LogP contribution is 2.27. The van der Waals surface area contributed by atoms with Crippen molar-refractivity contribution < 1.29 is 19.0 Å². The zero-order chi connectivity index (χ0) is 20.8. The number of ether oxygens (including phenoxy) is 3. The average molecular weight is 395 g/mol. The number of nitrogens with one attached hydrogen (secondary N) is 1. The van der Waals surface area contributed by atoms with Gasteiger partial charge in [-0.15, -0.1) is 5.10 Å². The fourth-order valence-electron chi connectivity index (χ4n) is 2.69. The molecule has 0 bridgehead atoms. The monoisotopic (exact) mass is 395 g/mol. The second-order valence-corrected chi connectivity index (χ2v) is 5.95. The molecule has 1 aromatic heterocycles. The Balaban J connectivity index is 1.79. The molecule has 0 aliphatic heterocycles. The molecule has 29 heavy (non-hydrogen) atoms. The van der Waals surface area contributed by atoms with E-state index in [0.717, 1.165) is 5.56 Å². The summed E-state index contributed by atoms with van der Waals surface area (Å²) in [5.41, 5.74) is 1.95. The SMILES string of the molecule is COc1ccc(/C=C/C(=O)Nc2ccc(OC)c(-n3nnnc3C)c2)c(OC)c1. The normalized spacial score (nSPS) is 10.8. The van der Waals surface area contributed by atoms with Crippen LogP contribution in [-0.2, 0) is 4.79 Å². The molecule has 0 aliphatic carbocycles. The minimum Gasteiger partial charge on any atom is -0.497 e. The standard InChI is InChI=1S/C20H21N5O4/c1-13-22-23-24-25(13)17-11-15(7-9-18(17)28-3)21-20(26)10-6-14-5-8-16(27-2)12-19(14)29-4/h5-12H,1-4H3,(H,21,26)/b10-6+. The van der Waals surface area contributed by atoms with Crippen molar-refractivity contribution in [2.75, 3.05) is 26.6 Å². The zero-order valence-electron chi connectivity index (χ0n) is 16.5. The van der Waals surface area contributed by atoms with Gasteiger partial charge in [-0.25, -0.2) is 0 Å². The first-order chi connectivity index (χ1) is 14.0. The molecule has 0 spiro atoms. The van der Waals surface area contributed by atoms with E-state index in [1.807, 2.05) is 6.07 Å². The van der Waals surface area contributed by atoms with Crippen LogP contribution in [0.2, 0.25) is 0 Å². The van der Waals surface area contributed by atoms with E-state index in [9.17, 15) is 4.79 Å². The van der Waals surface area contributed by atoms with E-state index in [2.05, 4.69) is 20.8 Å². The minimum atomic E-state index is -0.299. The van der Waals surface area contributed by atoms with Crippen LogP contribution in [0.25, 0.3) is 11.8 Å². The van der Waals surface area contributed by atoms with E-state index >= 15 is 0 Å². The molecule has 1 amide bonds. The van der Waals surface area contributed by atoms with Crippen molar-refractivity contribution in [1.29, 1.82) is 0 Å². The third-order valence-electron chi connectivity index (χ3n) is 4.15. The first-order valence-corrected chi connectivity index (χ1v) is 8.70. The Morgan fingerprint density at radius 3 is 2.48 bits per heavy atom. The first-order valence-electron chi connectivity index (χ1n) is 8.70. The molecule has 1 N–H and O–H groups in total. The van der Waals surface area contributed by atoms with E-state index in [1.54, 1.807) is 64.7 Å². The van der Waals surface area contributed by atoms with Crippen LogP contribution in [0.1, 0.15) is 11.4 Å². The second-order valence-electron chi connectivity index (χ2n) is 5.95. The van der Waals surface area contributed by atoms with Crippen molar-refractivity contribution in [3.05, 3.63) is 53.9 Å². The lowest BCUT2D eigenvalue weighted by Gasteiger charge is -2.11. The Morgan fingerprint density at radius 2 is 1.83 bits per heavy atom. The molecule has 3 rings (SSSR count). The molecule has 0 radical (unpaired) electrons. The van der Waals surface area contributed by atoms with Crippen LogP contribution in [-0.4, -0.2) is 47.4 Å². The van der Waals surface area contributed by atoms with Crippen LogP contribution in [0.5, 0.6) is 17.2 Å². The van der Waals surface area contributed by atoms with Gasteiger partial charge in [-0.1, -0.05) is 0 Å². The number of carbonyl (C=O) groups excluding carboxylic acids is 1. The Morgan fingerprint density at radius 1 is 1.03 bits per heavy atom. The quantitative estimate of drug-likeness (QED) is 0.614. The summed E-state index contributed by atoms with van der Waals surface area (Å²) in [6, 6.07) is 10.6. The van der Waals surface area contributed by atoms with E-state index in [1.165, 1.54) is 10.8 Å². The molecule has 3 aromatic rings. The highest BCUT2D eigenvalue weighted by molar-refractivity contribution is 6.02. The molecule has 1 heterocycles. The summed E-state index contributed by atoms with van der Waals surface area (Å²) in [5, 5.41) is 14.3. The van der Waals surface area contributed by atoms with Crippen LogP contribution >= 0.6 is 0 Å². The molecule has 2 aromatic carbocycles. The van der Waals surface area contributed by atoms with Gasteiger partial charge >= 0.3 is 0 Å². The molecular formula is C20H21N5O4. The van der Waals surface area contributed by atoms with Crippen LogP contribution in [0, 0.1) is 6.92 Å². The van der Waals surface area contributed by atoms with Crippen molar-refractivity contribution >= 4 is 17.7 Å². The molecule has 150 valence electrons. The topological polar surface area (TPSA) is 100 Å². The summed E-state index contributed by atoms with van der Waals surface area (Å²) < 4.78 is 17.4. The van der Waals surface area contributed by atoms with Gasteiger partial charge in [0.15, 0.2) is 5.82 Å². The lowest BCUT2D eigenvalue weighted by Crippen LogP contribution is -2.09. The molecule has 0 aliphatic rings. The van der Waals surface area contributed by atoms with Gasteiger partial charge < -0.3 is 19.5 Å².